The van der Waals surface area contributed by atoms with E-state index in [2.05, 4.69) is 25.5 Å². The Hall–Kier alpha value is -2.33. The third kappa shape index (κ3) is 3.33. The van der Waals surface area contributed by atoms with Crippen LogP contribution in [0.1, 0.15) is 5.82 Å². The van der Waals surface area contributed by atoms with Crippen molar-refractivity contribution in [1.29, 1.82) is 5.26 Å². The Kier molecular flexibility index (Phi) is 4.15. The number of amidine groups is 1. The van der Waals surface area contributed by atoms with Crippen LogP contribution in [0.5, 0.6) is 0 Å². The van der Waals surface area contributed by atoms with Crippen LogP contribution in [0.4, 0.5) is 5.69 Å². The summed E-state index contributed by atoms with van der Waals surface area (Å²) in [7, 11) is 0. The standard InChI is InChI=1S/C12H12N6S/c1-8-15-11(18-17-8)9-4-3-5-10(6-9)16-12(19-2)14-7-13/h3-6H,1-2H3,(H,14,16)(H,15,17,18). The van der Waals surface area contributed by atoms with Crippen molar-refractivity contribution < 1.29 is 0 Å². The van der Waals surface area contributed by atoms with E-state index >= 15 is 0 Å². The van der Waals surface area contributed by atoms with Gasteiger partial charge in [0, 0.05) is 5.56 Å². The zero-order chi connectivity index (χ0) is 13.7. The first-order valence-electron chi connectivity index (χ1n) is 5.50. The van der Waals surface area contributed by atoms with Crippen LogP contribution in [0.3, 0.4) is 0 Å². The van der Waals surface area contributed by atoms with Gasteiger partial charge >= 0.3 is 0 Å². The Morgan fingerprint density at radius 2 is 2.37 bits per heavy atom. The van der Waals surface area contributed by atoms with E-state index in [4.69, 9.17) is 5.26 Å². The van der Waals surface area contributed by atoms with Gasteiger partial charge in [-0.05, 0) is 25.3 Å². The van der Waals surface area contributed by atoms with Crippen molar-refractivity contribution in [3.63, 3.8) is 0 Å². The van der Waals surface area contributed by atoms with Gasteiger partial charge in [-0.2, -0.15) is 10.4 Å². The summed E-state index contributed by atoms with van der Waals surface area (Å²) in [4.78, 5) is 8.61. The molecule has 0 aliphatic carbocycles. The maximum atomic E-state index is 8.60. The number of aromatic amines is 1. The van der Waals surface area contributed by atoms with Gasteiger partial charge in [-0.1, -0.05) is 23.9 Å². The number of aryl methyl sites for hydroxylation is 1. The van der Waals surface area contributed by atoms with Crippen molar-refractivity contribution in [2.75, 3.05) is 6.26 Å². The molecule has 1 aromatic carbocycles. The summed E-state index contributed by atoms with van der Waals surface area (Å²) >= 11 is 1.37. The fourth-order valence-electron chi connectivity index (χ4n) is 1.48. The number of nitrogens with one attached hydrogen (secondary N) is 2. The van der Waals surface area contributed by atoms with Crippen LogP contribution in [0.2, 0.25) is 0 Å². The average Bonchev–Trinajstić information content (AvgIpc) is 2.85. The van der Waals surface area contributed by atoms with Crippen LogP contribution in [-0.2, 0) is 0 Å². The molecule has 2 N–H and O–H groups in total. The lowest BCUT2D eigenvalue weighted by atomic mass is 10.2. The Morgan fingerprint density at radius 1 is 1.53 bits per heavy atom. The molecule has 96 valence electrons. The summed E-state index contributed by atoms with van der Waals surface area (Å²) < 4.78 is 0. The van der Waals surface area contributed by atoms with Crippen molar-refractivity contribution in [3.05, 3.63) is 30.1 Å². The molecule has 0 atom stereocenters. The molecule has 0 aliphatic heterocycles. The summed E-state index contributed by atoms with van der Waals surface area (Å²) in [5.74, 6) is 1.40. The third-order valence-corrected chi connectivity index (χ3v) is 2.87. The minimum atomic E-state index is 0.547. The molecule has 2 aromatic rings. The highest BCUT2D eigenvalue weighted by molar-refractivity contribution is 8.13. The van der Waals surface area contributed by atoms with E-state index in [0.717, 1.165) is 17.1 Å². The lowest BCUT2D eigenvalue weighted by Gasteiger charge is -2.01. The highest BCUT2D eigenvalue weighted by atomic mass is 32.2. The van der Waals surface area contributed by atoms with Gasteiger partial charge in [0.1, 0.15) is 5.82 Å². The van der Waals surface area contributed by atoms with Gasteiger partial charge in [-0.15, -0.1) is 0 Å². The molecule has 7 heteroatoms. The number of thioether (sulfide) groups is 1. The Morgan fingerprint density at radius 3 is 3.00 bits per heavy atom. The van der Waals surface area contributed by atoms with E-state index in [-0.39, 0.29) is 0 Å². The molecule has 0 aliphatic rings. The van der Waals surface area contributed by atoms with E-state index in [1.54, 1.807) is 0 Å². The molecule has 2 rings (SSSR count). The lowest BCUT2D eigenvalue weighted by Crippen LogP contribution is -2.12. The van der Waals surface area contributed by atoms with Crippen LogP contribution in [0.15, 0.2) is 29.3 Å². The van der Waals surface area contributed by atoms with Crippen LogP contribution >= 0.6 is 11.8 Å². The van der Waals surface area contributed by atoms with E-state index in [0.29, 0.717) is 11.0 Å². The lowest BCUT2D eigenvalue weighted by molar-refractivity contribution is 1.04. The molecule has 19 heavy (non-hydrogen) atoms. The number of benzene rings is 1. The molecule has 1 aromatic heterocycles. The van der Waals surface area contributed by atoms with Crippen molar-refractivity contribution >= 4 is 22.6 Å². The molecule has 0 spiro atoms. The van der Waals surface area contributed by atoms with Gasteiger partial charge in [0.15, 0.2) is 17.2 Å². The zero-order valence-corrected chi connectivity index (χ0v) is 11.3. The quantitative estimate of drug-likeness (QED) is 0.378. The number of nitriles is 1. The highest BCUT2D eigenvalue weighted by Gasteiger charge is 2.04. The molecule has 0 radical (unpaired) electrons. The molecule has 1 heterocycles. The second-order valence-corrected chi connectivity index (χ2v) is 4.45. The van der Waals surface area contributed by atoms with Crippen molar-refractivity contribution in [2.45, 2.75) is 6.92 Å². The summed E-state index contributed by atoms with van der Waals surface area (Å²) in [6.45, 7) is 1.85. The number of nitrogens with zero attached hydrogens (tertiary/aromatic N) is 4. The molecule has 0 fully saturated rings. The number of aromatic nitrogens is 3. The van der Waals surface area contributed by atoms with E-state index in [1.807, 2.05) is 43.6 Å². The summed E-state index contributed by atoms with van der Waals surface area (Å²) in [5.41, 5.74) is 1.62. The minimum absolute atomic E-state index is 0.547. The molecule has 0 saturated heterocycles. The fraction of sp³-hybridized carbons (Fsp3) is 0.167. The second kappa shape index (κ2) is 6.02. The zero-order valence-electron chi connectivity index (χ0n) is 10.5. The van der Waals surface area contributed by atoms with Gasteiger partial charge in [-0.25, -0.2) is 9.98 Å². The van der Waals surface area contributed by atoms with E-state index in [1.165, 1.54) is 11.8 Å². The molecular formula is C12H12N6S. The van der Waals surface area contributed by atoms with Crippen LogP contribution in [0, 0.1) is 18.4 Å². The largest absolute Gasteiger partial charge is 0.271 e. The van der Waals surface area contributed by atoms with Gasteiger partial charge < -0.3 is 0 Å². The highest BCUT2D eigenvalue weighted by Crippen LogP contribution is 2.22. The van der Waals surface area contributed by atoms with Crippen molar-refractivity contribution in [3.8, 4) is 17.6 Å². The van der Waals surface area contributed by atoms with Gasteiger partial charge in [-0.3, -0.25) is 10.4 Å². The van der Waals surface area contributed by atoms with Crippen LogP contribution in [0.25, 0.3) is 11.4 Å². The summed E-state index contributed by atoms with van der Waals surface area (Å²) in [6, 6.07) is 7.53. The predicted molar refractivity (Wildman–Crippen MR) is 75.9 cm³/mol. The minimum Gasteiger partial charge on any atom is -0.271 e. The molecule has 0 bridgehead atoms. The third-order valence-electron chi connectivity index (χ3n) is 2.29. The fourth-order valence-corrected chi connectivity index (χ4v) is 1.82. The number of hydrogen-bond acceptors (Lipinski definition) is 5. The first-order valence-corrected chi connectivity index (χ1v) is 6.72. The number of aliphatic imine (C=N–C) groups is 1. The molecule has 0 saturated carbocycles. The van der Waals surface area contributed by atoms with Crippen LogP contribution < -0.4 is 5.32 Å². The smallest absolute Gasteiger partial charge is 0.183 e. The molecular weight excluding hydrogens is 260 g/mol. The van der Waals surface area contributed by atoms with Gasteiger partial charge in [0.05, 0.1) is 5.69 Å². The monoisotopic (exact) mass is 272 g/mol. The van der Waals surface area contributed by atoms with Crippen molar-refractivity contribution in [2.24, 2.45) is 4.99 Å². The Labute approximate surface area is 115 Å². The normalized spacial score (nSPS) is 11.1. The predicted octanol–water partition coefficient (Wildman–Crippen LogP) is 2.20. The Balaban J connectivity index is 2.32. The number of H-pyrrole nitrogens is 1. The SMILES string of the molecule is CSC(=Nc1cccc(-c2n[nH]c(C)n2)c1)NC#N. The van der Waals surface area contributed by atoms with Gasteiger partial charge in [0.25, 0.3) is 0 Å². The average molecular weight is 272 g/mol. The second-order valence-electron chi connectivity index (χ2n) is 3.65. The maximum absolute atomic E-state index is 8.60. The maximum Gasteiger partial charge on any atom is 0.183 e. The summed E-state index contributed by atoms with van der Waals surface area (Å²) in [5, 5.41) is 18.6. The van der Waals surface area contributed by atoms with E-state index in [9.17, 15) is 0 Å². The first-order chi connectivity index (χ1) is 9.22. The molecule has 6 nitrogen and oxygen atoms in total. The molecule has 0 unspecified atom stereocenters. The Bertz CT molecular complexity index is 640. The van der Waals surface area contributed by atoms with Crippen LogP contribution in [-0.4, -0.2) is 26.6 Å². The topological polar surface area (TPSA) is 89.8 Å². The number of hydrogen-bond donors (Lipinski definition) is 2. The van der Waals surface area contributed by atoms with Gasteiger partial charge in [0.2, 0.25) is 0 Å². The number of rotatable bonds is 2. The molecule has 0 amide bonds. The summed E-state index contributed by atoms with van der Waals surface area (Å²) in [6.07, 6.45) is 3.71. The van der Waals surface area contributed by atoms with E-state index < -0.39 is 0 Å². The van der Waals surface area contributed by atoms with Crippen molar-refractivity contribution in [1.82, 2.24) is 20.5 Å². The first kappa shape index (κ1) is 13.1.